The minimum absolute atomic E-state index is 0.760. The van der Waals surface area contributed by atoms with Gasteiger partial charge in [0, 0.05) is 37.6 Å². The summed E-state index contributed by atoms with van der Waals surface area (Å²) < 4.78 is 21.7. The van der Waals surface area contributed by atoms with E-state index in [1.165, 1.54) is 11.1 Å². The van der Waals surface area contributed by atoms with Gasteiger partial charge in [0.1, 0.15) is 23.0 Å². The lowest BCUT2D eigenvalue weighted by atomic mass is 10.0. The highest BCUT2D eigenvalue weighted by atomic mass is 16.5. The van der Waals surface area contributed by atoms with Crippen LogP contribution >= 0.6 is 0 Å². The molecule has 0 fully saturated rings. The molecule has 2 aliphatic heterocycles. The maximum atomic E-state index is 5.55. The molecular formula is C26H28N2O4. The van der Waals surface area contributed by atoms with Crippen LogP contribution in [0.2, 0.25) is 0 Å². The Labute approximate surface area is 189 Å². The third-order valence-electron chi connectivity index (χ3n) is 5.61. The van der Waals surface area contributed by atoms with Gasteiger partial charge in [-0.25, -0.2) is 0 Å². The highest BCUT2D eigenvalue weighted by Crippen LogP contribution is 2.36. The fourth-order valence-corrected chi connectivity index (χ4v) is 3.82. The van der Waals surface area contributed by atoms with Crippen molar-refractivity contribution in [2.24, 2.45) is 0 Å². The van der Waals surface area contributed by atoms with E-state index in [0.717, 1.165) is 47.5 Å². The van der Waals surface area contributed by atoms with Crippen LogP contribution in [-0.2, 0) is 0 Å². The predicted molar refractivity (Wildman–Crippen MR) is 128 cm³/mol. The molecule has 0 saturated carbocycles. The zero-order valence-electron chi connectivity index (χ0n) is 18.9. The van der Waals surface area contributed by atoms with Gasteiger partial charge in [-0.2, -0.15) is 0 Å². The molecule has 0 aromatic heterocycles. The van der Waals surface area contributed by atoms with E-state index in [0.29, 0.717) is 0 Å². The molecule has 0 N–H and O–H groups in total. The summed E-state index contributed by atoms with van der Waals surface area (Å²) in [5.41, 5.74) is 4.41. The van der Waals surface area contributed by atoms with Crippen LogP contribution in [0.15, 0.2) is 84.2 Å². The molecule has 0 radical (unpaired) electrons. The summed E-state index contributed by atoms with van der Waals surface area (Å²) in [5, 5.41) is 0. The van der Waals surface area contributed by atoms with Gasteiger partial charge >= 0.3 is 0 Å². The number of methoxy groups -OCH3 is 4. The third-order valence-corrected chi connectivity index (χ3v) is 5.61. The van der Waals surface area contributed by atoms with E-state index in [4.69, 9.17) is 18.9 Å². The first-order valence-corrected chi connectivity index (χ1v) is 10.4. The fourth-order valence-electron chi connectivity index (χ4n) is 3.82. The lowest BCUT2D eigenvalue weighted by Gasteiger charge is -2.27. The van der Waals surface area contributed by atoms with Crippen molar-refractivity contribution in [2.75, 3.05) is 51.3 Å². The monoisotopic (exact) mass is 432 g/mol. The van der Waals surface area contributed by atoms with E-state index in [1.54, 1.807) is 28.4 Å². The second kappa shape index (κ2) is 9.56. The molecule has 2 aromatic carbocycles. The molecule has 2 heterocycles. The van der Waals surface area contributed by atoms with Crippen LogP contribution in [-0.4, -0.2) is 41.5 Å². The molecule has 0 saturated heterocycles. The maximum Gasteiger partial charge on any atom is 0.146 e. The summed E-state index contributed by atoms with van der Waals surface area (Å²) in [6.45, 7) is 1.52. The Hall–Kier alpha value is -3.80. The number of hydrogen-bond acceptors (Lipinski definition) is 6. The lowest BCUT2D eigenvalue weighted by molar-refractivity contribution is 0.394. The van der Waals surface area contributed by atoms with Gasteiger partial charge in [-0.15, -0.1) is 0 Å². The van der Waals surface area contributed by atoms with Crippen LogP contribution in [0.1, 0.15) is 0 Å². The van der Waals surface area contributed by atoms with Gasteiger partial charge in [-0.3, -0.25) is 0 Å². The van der Waals surface area contributed by atoms with Crippen molar-refractivity contribution >= 4 is 11.4 Å². The Kier molecular flexibility index (Phi) is 6.40. The van der Waals surface area contributed by atoms with E-state index >= 15 is 0 Å². The largest absolute Gasteiger partial charge is 0.497 e. The van der Waals surface area contributed by atoms with Gasteiger partial charge in [0.25, 0.3) is 0 Å². The van der Waals surface area contributed by atoms with Crippen molar-refractivity contribution in [1.29, 1.82) is 0 Å². The smallest absolute Gasteiger partial charge is 0.146 e. The molecular weight excluding hydrogens is 404 g/mol. The third kappa shape index (κ3) is 4.30. The van der Waals surface area contributed by atoms with Gasteiger partial charge in [0.2, 0.25) is 0 Å². The zero-order chi connectivity index (χ0) is 22.5. The van der Waals surface area contributed by atoms with Crippen molar-refractivity contribution in [3.8, 4) is 23.0 Å². The van der Waals surface area contributed by atoms with Gasteiger partial charge in [0.05, 0.1) is 39.8 Å². The molecule has 0 amide bonds. The van der Waals surface area contributed by atoms with E-state index in [2.05, 4.69) is 46.5 Å². The number of ether oxygens (including phenoxy) is 4. The average Bonchev–Trinajstić information content (AvgIpc) is 2.88. The first kappa shape index (κ1) is 21.4. The Morgan fingerprint density at radius 3 is 1.34 bits per heavy atom. The Morgan fingerprint density at radius 2 is 1.03 bits per heavy atom. The van der Waals surface area contributed by atoms with E-state index in [9.17, 15) is 0 Å². The Bertz CT molecular complexity index is 1010. The first-order chi connectivity index (χ1) is 15.7. The molecule has 0 unspecified atom stereocenters. The summed E-state index contributed by atoms with van der Waals surface area (Å²) >= 11 is 0. The quantitative estimate of drug-likeness (QED) is 0.617. The highest BCUT2D eigenvalue weighted by Gasteiger charge is 2.17. The van der Waals surface area contributed by atoms with Crippen molar-refractivity contribution < 1.29 is 18.9 Å². The van der Waals surface area contributed by atoms with Gasteiger partial charge < -0.3 is 28.7 Å². The number of anilines is 2. The van der Waals surface area contributed by atoms with Crippen LogP contribution in [0.4, 0.5) is 11.4 Å². The summed E-state index contributed by atoms with van der Waals surface area (Å²) in [6.07, 6.45) is 12.9. The molecule has 0 bridgehead atoms. The lowest BCUT2D eigenvalue weighted by Crippen LogP contribution is -2.22. The first-order valence-electron chi connectivity index (χ1n) is 10.4. The Balaban J connectivity index is 1.45. The van der Waals surface area contributed by atoms with Crippen molar-refractivity contribution in [1.82, 2.24) is 0 Å². The topological polar surface area (TPSA) is 43.4 Å². The molecule has 0 aliphatic carbocycles. The Morgan fingerprint density at radius 1 is 0.594 bits per heavy atom. The van der Waals surface area contributed by atoms with Crippen LogP contribution in [0.3, 0.4) is 0 Å². The average molecular weight is 433 g/mol. The number of rotatable bonds is 7. The summed E-state index contributed by atoms with van der Waals surface area (Å²) in [7, 11) is 6.66. The molecule has 2 aliphatic rings. The molecule has 166 valence electrons. The van der Waals surface area contributed by atoms with Crippen molar-refractivity contribution in [3.63, 3.8) is 0 Å². The van der Waals surface area contributed by atoms with Crippen LogP contribution < -0.4 is 28.7 Å². The van der Waals surface area contributed by atoms with Crippen molar-refractivity contribution in [3.05, 3.63) is 84.2 Å². The molecule has 32 heavy (non-hydrogen) atoms. The van der Waals surface area contributed by atoms with Crippen molar-refractivity contribution in [2.45, 2.75) is 0 Å². The van der Waals surface area contributed by atoms with Gasteiger partial charge in [0.15, 0.2) is 0 Å². The zero-order valence-corrected chi connectivity index (χ0v) is 18.9. The van der Waals surface area contributed by atoms with E-state index < -0.39 is 0 Å². The minimum atomic E-state index is 0.760. The molecule has 4 rings (SSSR count). The normalized spacial score (nSPS) is 15.2. The molecule has 6 heteroatoms. The maximum absolute atomic E-state index is 5.55. The molecule has 0 atom stereocenters. The standard InChI is InChI=1S/C26H28N2O4/c1-29-21-5-7-23(25(17-21)31-3)27-13-9-19(10-14-27)20-11-15-28(16-12-20)24-8-6-22(30-2)18-26(24)32-4/h5-13,15,17-18H,14,16H2,1-4H3. The fraction of sp³-hybridized carbons (Fsp3) is 0.231. The highest BCUT2D eigenvalue weighted by molar-refractivity contribution is 5.67. The minimum Gasteiger partial charge on any atom is -0.497 e. The number of hydrogen-bond donors (Lipinski definition) is 0. The summed E-state index contributed by atoms with van der Waals surface area (Å²) in [4.78, 5) is 4.31. The number of benzene rings is 2. The van der Waals surface area contributed by atoms with Crippen LogP contribution in [0.5, 0.6) is 23.0 Å². The second-order valence-electron chi connectivity index (χ2n) is 7.33. The number of allylic oxidation sites excluding steroid dienone is 4. The predicted octanol–water partition coefficient (Wildman–Crippen LogP) is 4.94. The summed E-state index contributed by atoms with van der Waals surface area (Å²) in [5.74, 6) is 3.12. The molecule has 6 nitrogen and oxygen atoms in total. The summed E-state index contributed by atoms with van der Waals surface area (Å²) in [6, 6.07) is 11.7. The number of nitrogens with zero attached hydrogens (tertiary/aromatic N) is 2. The van der Waals surface area contributed by atoms with Gasteiger partial charge in [-0.05, 0) is 47.6 Å². The van der Waals surface area contributed by atoms with Crippen LogP contribution in [0, 0.1) is 0 Å². The van der Waals surface area contributed by atoms with Crippen LogP contribution in [0.25, 0.3) is 0 Å². The van der Waals surface area contributed by atoms with E-state index in [1.807, 2.05) is 36.4 Å². The van der Waals surface area contributed by atoms with Gasteiger partial charge in [-0.1, -0.05) is 12.2 Å². The molecule has 2 aromatic rings. The molecule has 0 spiro atoms. The second-order valence-corrected chi connectivity index (χ2v) is 7.33. The van der Waals surface area contributed by atoms with E-state index in [-0.39, 0.29) is 0 Å². The SMILES string of the molecule is COc1ccc(N2C=CC(C3=CCN(c4ccc(OC)cc4OC)C=C3)=CC2)c(OC)c1.